The van der Waals surface area contributed by atoms with Crippen molar-refractivity contribution in [3.8, 4) is 5.75 Å². The second-order valence-electron chi connectivity index (χ2n) is 8.02. The van der Waals surface area contributed by atoms with E-state index in [1.54, 1.807) is 24.4 Å². The van der Waals surface area contributed by atoms with Crippen molar-refractivity contribution >= 4 is 17.7 Å². The number of nitrogens with zero attached hydrogens (tertiary/aromatic N) is 2. The van der Waals surface area contributed by atoms with Crippen LogP contribution in [-0.4, -0.2) is 41.8 Å². The molecule has 2 fully saturated rings. The van der Waals surface area contributed by atoms with Gasteiger partial charge < -0.3 is 14.4 Å². The molecule has 24 heavy (non-hydrogen) atoms. The quantitative estimate of drug-likeness (QED) is 0.771. The molecule has 132 valence electrons. The van der Waals surface area contributed by atoms with Crippen molar-refractivity contribution in [2.24, 2.45) is 11.3 Å². The summed E-state index contributed by atoms with van der Waals surface area (Å²) in [5.74, 6) is 1.18. The normalized spacial score (nSPS) is 21.0. The minimum atomic E-state index is -0.444. The lowest BCUT2D eigenvalue weighted by Crippen LogP contribution is -2.64. The Kier molecular flexibility index (Phi) is 4.41. The highest BCUT2D eigenvalue weighted by atomic mass is 35.5. The van der Waals surface area contributed by atoms with Crippen LogP contribution in [0.3, 0.4) is 0 Å². The van der Waals surface area contributed by atoms with Gasteiger partial charge in [-0.3, -0.25) is 4.98 Å². The molecule has 1 aromatic heterocycles. The fourth-order valence-corrected chi connectivity index (χ4v) is 4.12. The van der Waals surface area contributed by atoms with Crippen LogP contribution in [0.4, 0.5) is 4.79 Å². The minimum Gasteiger partial charge on any atom is -0.496 e. The maximum absolute atomic E-state index is 12.0. The first-order valence-electron chi connectivity index (χ1n) is 8.33. The first-order valence-corrected chi connectivity index (χ1v) is 8.77. The van der Waals surface area contributed by atoms with Crippen LogP contribution in [0, 0.1) is 11.3 Å². The highest BCUT2D eigenvalue weighted by molar-refractivity contribution is 6.21. The van der Waals surface area contributed by atoms with Gasteiger partial charge in [0.25, 0.3) is 0 Å². The summed E-state index contributed by atoms with van der Waals surface area (Å²) in [4.78, 5) is 18.0. The summed E-state index contributed by atoms with van der Waals surface area (Å²) < 4.78 is 10.8. The Hall–Kier alpha value is -1.49. The van der Waals surface area contributed by atoms with E-state index in [1.807, 2.05) is 26.8 Å². The van der Waals surface area contributed by atoms with Crippen molar-refractivity contribution < 1.29 is 14.3 Å². The zero-order valence-electron chi connectivity index (χ0n) is 14.7. The van der Waals surface area contributed by atoms with Crippen LogP contribution in [0.2, 0.25) is 0 Å². The van der Waals surface area contributed by atoms with Crippen LogP contribution >= 0.6 is 11.6 Å². The minimum absolute atomic E-state index is 0.102. The van der Waals surface area contributed by atoms with Gasteiger partial charge in [0.2, 0.25) is 0 Å². The van der Waals surface area contributed by atoms with Crippen molar-refractivity contribution in [1.29, 1.82) is 0 Å². The Morgan fingerprint density at radius 2 is 2.08 bits per heavy atom. The van der Waals surface area contributed by atoms with E-state index >= 15 is 0 Å². The third-order valence-electron chi connectivity index (χ3n) is 4.84. The van der Waals surface area contributed by atoms with Gasteiger partial charge in [0.15, 0.2) is 0 Å². The monoisotopic (exact) mass is 352 g/mol. The van der Waals surface area contributed by atoms with Crippen molar-refractivity contribution in [3.05, 3.63) is 24.0 Å². The van der Waals surface area contributed by atoms with Crippen LogP contribution in [-0.2, 0) is 4.74 Å². The summed E-state index contributed by atoms with van der Waals surface area (Å²) in [7, 11) is 1.65. The lowest BCUT2D eigenvalue weighted by Gasteiger charge is -2.59. The second-order valence-corrected chi connectivity index (χ2v) is 8.49. The molecule has 0 bridgehead atoms. The molecule has 2 aliphatic rings. The van der Waals surface area contributed by atoms with Crippen molar-refractivity contribution in [2.75, 3.05) is 20.2 Å². The Morgan fingerprint density at radius 3 is 2.67 bits per heavy atom. The first-order chi connectivity index (χ1) is 11.2. The van der Waals surface area contributed by atoms with E-state index in [9.17, 15) is 4.79 Å². The topological polar surface area (TPSA) is 51.7 Å². The molecular weight excluding hydrogens is 328 g/mol. The van der Waals surface area contributed by atoms with E-state index in [-0.39, 0.29) is 16.9 Å². The zero-order valence-corrected chi connectivity index (χ0v) is 15.5. The molecular formula is C18H25ClN2O3. The van der Waals surface area contributed by atoms with Crippen molar-refractivity contribution in [2.45, 2.75) is 44.6 Å². The number of amides is 1. The molecule has 1 unspecified atom stereocenters. The maximum Gasteiger partial charge on any atom is 0.410 e. The van der Waals surface area contributed by atoms with E-state index < -0.39 is 5.60 Å². The number of hydrogen-bond donors (Lipinski definition) is 0. The van der Waals surface area contributed by atoms with Gasteiger partial charge in [-0.1, -0.05) is 0 Å². The number of alkyl halides is 1. The van der Waals surface area contributed by atoms with E-state index in [0.717, 1.165) is 37.2 Å². The van der Waals surface area contributed by atoms with Crippen molar-refractivity contribution in [1.82, 2.24) is 9.88 Å². The lowest BCUT2D eigenvalue weighted by molar-refractivity contribution is -0.0958. The Bertz CT molecular complexity index is 615. The predicted octanol–water partition coefficient (Wildman–Crippen LogP) is 4.02. The van der Waals surface area contributed by atoms with E-state index in [0.29, 0.717) is 5.92 Å². The van der Waals surface area contributed by atoms with Crippen molar-refractivity contribution in [3.63, 3.8) is 0 Å². The molecule has 1 saturated carbocycles. The average molecular weight is 353 g/mol. The number of ether oxygens (including phenoxy) is 2. The Morgan fingerprint density at radius 1 is 1.42 bits per heavy atom. The second kappa shape index (κ2) is 6.10. The standard InChI is InChI=1S/C18H25ClN2O3/c1-17(2,3)24-16(22)21-10-18(11-21)7-12(8-18)15(19)13-9-20-6-5-14(13)23-4/h5-6,9,12,15H,7-8,10-11H2,1-4H3. The van der Waals surface area contributed by atoms with Gasteiger partial charge in [0, 0.05) is 36.5 Å². The number of hydrogen-bond acceptors (Lipinski definition) is 4. The number of pyridine rings is 1. The SMILES string of the molecule is COc1ccncc1C(Cl)C1CC2(C1)CN(C(=O)OC(C)(C)C)C2. The van der Waals surface area contributed by atoms with Gasteiger partial charge >= 0.3 is 6.09 Å². The maximum atomic E-state index is 12.0. The molecule has 2 heterocycles. The molecule has 1 spiro atoms. The molecule has 1 amide bonds. The first kappa shape index (κ1) is 17.3. The van der Waals surface area contributed by atoms with E-state index in [4.69, 9.17) is 21.1 Å². The van der Waals surface area contributed by atoms with Crippen LogP contribution < -0.4 is 4.74 Å². The lowest BCUT2D eigenvalue weighted by atomic mass is 9.56. The molecule has 0 radical (unpaired) electrons. The third kappa shape index (κ3) is 3.32. The van der Waals surface area contributed by atoms with Gasteiger partial charge in [-0.25, -0.2) is 4.79 Å². The number of aromatic nitrogens is 1. The van der Waals surface area contributed by atoms with Crippen LogP contribution in [0.25, 0.3) is 0 Å². The molecule has 1 atom stereocenters. The van der Waals surface area contributed by atoms with Gasteiger partial charge in [0.1, 0.15) is 11.4 Å². The molecule has 6 heteroatoms. The molecule has 1 aliphatic heterocycles. The molecule has 1 saturated heterocycles. The fraction of sp³-hybridized carbons (Fsp3) is 0.667. The summed E-state index contributed by atoms with van der Waals surface area (Å²) in [6.07, 6.45) is 5.33. The van der Waals surface area contributed by atoms with E-state index in [1.165, 1.54) is 0 Å². The van der Waals surface area contributed by atoms with Gasteiger partial charge in [-0.15, -0.1) is 11.6 Å². The zero-order chi connectivity index (χ0) is 17.5. The summed E-state index contributed by atoms with van der Waals surface area (Å²) in [6, 6.07) is 1.84. The smallest absolute Gasteiger partial charge is 0.410 e. The number of carbonyl (C=O) groups is 1. The summed E-state index contributed by atoms with van der Waals surface area (Å²) in [5.41, 5.74) is 0.731. The number of likely N-dealkylation sites (tertiary alicyclic amines) is 1. The summed E-state index contributed by atoms with van der Waals surface area (Å²) >= 11 is 6.66. The Labute approximate surface area is 148 Å². The number of carbonyl (C=O) groups excluding carboxylic acids is 1. The molecule has 0 aromatic carbocycles. The van der Waals surface area contributed by atoms with Gasteiger partial charge in [-0.2, -0.15) is 0 Å². The van der Waals surface area contributed by atoms with Crippen LogP contribution in [0.5, 0.6) is 5.75 Å². The number of methoxy groups -OCH3 is 1. The highest BCUT2D eigenvalue weighted by Gasteiger charge is 2.56. The predicted molar refractivity (Wildman–Crippen MR) is 92.3 cm³/mol. The largest absolute Gasteiger partial charge is 0.496 e. The van der Waals surface area contributed by atoms with Crippen LogP contribution in [0.1, 0.15) is 44.6 Å². The molecule has 0 N–H and O–H groups in total. The number of rotatable bonds is 3. The van der Waals surface area contributed by atoms with Crippen LogP contribution in [0.15, 0.2) is 18.5 Å². The van der Waals surface area contributed by atoms with Gasteiger partial charge in [-0.05, 0) is 45.6 Å². The van der Waals surface area contributed by atoms with E-state index in [2.05, 4.69) is 4.98 Å². The average Bonchev–Trinajstić information content (AvgIpc) is 2.42. The van der Waals surface area contributed by atoms with Gasteiger partial charge in [0.05, 0.1) is 12.5 Å². The third-order valence-corrected chi connectivity index (χ3v) is 5.43. The highest BCUT2D eigenvalue weighted by Crippen LogP contribution is 2.57. The fourth-order valence-electron chi connectivity index (χ4n) is 3.78. The Balaban J connectivity index is 1.53. The summed E-state index contributed by atoms with van der Waals surface area (Å²) in [6.45, 7) is 7.20. The molecule has 1 aliphatic carbocycles. The molecule has 5 nitrogen and oxygen atoms in total. The molecule has 1 aromatic rings. The molecule has 3 rings (SSSR count). The number of halogens is 1. The summed E-state index contributed by atoms with van der Waals surface area (Å²) in [5, 5.41) is -0.102.